The number of allylic oxidation sites excluding steroid dienone is 1. The van der Waals surface area contributed by atoms with E-state index >= 15 is 0 Å². The average molecular weight is 247 g/mol. The molecule has 0 atom stereocenters. The van der Waals surface area contributed by atoms with Gasteiger partial charge in [0.1, 0.15) is 6.61 Å². The van der Waals surface area contributed by atoms with Crippen LogP contribution < -0.4 is 14.8 Å². The number of hydrogen-bond donors (Lipinski definition) is 1. The van der Waals surface area contributed by atoms with Crippen LogP contribution in [0.5, 0.6) is 11.5 Å². The van der Waals surface area contributed by atoms with Gasteiger partial charge in [0.2, 0.25) is 0 Å². The summed E-state index contributed by atoms with van der Waals surface area (Å²) in [4.78, 5) is 0. The van der Waals surface area contributed by atoms with E-state index in [1.54, 1.807) is 7.11 Å². The lowest BCUT2D eigenvalue weighted by Crippen LogP contribution is -2.20. The maximum absolute atomic E-state index is 5.66. The Balaban J connectivity index is 2.56. The zero-order valence-electron chi connectivity index (χ0n) is 11.1. The van der Waals surface area contributed by atoms with Gasteiger partial charge in [-0.2, -0.15) is 0 Å². The Morgan fingerprint density at radius 2 is 2.17 bits per heavy atom. The monoisotopic (exact) mass is 247 g/mol. The second-order valence-electron chi connectivity index (χ2n) is 3.75. The summed E-state index contributed by atoms with van der Waals surface area (Å²) < 4.78 is 11.0. The van der Waals surface area contributed by atoms with Crippen molar-refractivity contribution in [2.45, 2.75) is 6.92 Å². The average Bonchev–Trinajstić information content (AvgIpc) is 2.40. The number of nitrogens with one attached hydrogen (secondary N) is 1. The predicted molar refractivity (Wildman–Crippen MR) is 76.3 cm³/mol. The second-order valence-corrected chi connectivity index (χ2v) is 3.75. The van der Waals surface area contributed by atoms with Crippen molar-refractivity contribution in [3.63, 3.8) is 0 Å². The molecule has 0 bridgehead atoms. The molecule has 0 heterocycles. The molecule has 0 spiro atoms. The molecular weight excluding hydrogens is 226 g/mol. The van der Waals surface area contributed by atoms with Gasteiger partial charge in [0.15, 0.2) is 11.5 Å². The summed E-state index contributed by atoms with van der Waals surface area (Å²) in [6.07, 6.45) is 5.85. The van der Waals surface area contributed by atoms with Gasteiger partial charge in [0.05, 0.1) is 7.11 Å². The van der Waals surface area contributed by atoms with Crippen molar-refractivity contribution in [1.82, 2.24) is 5.32 Å². The van der Waals surface area contributed by atoms with Gasteiger partial charge in [-0.1, -0.05) is 24.3 Å². The van der Waals surface area contributed by atoms with E-state index in [2.05, 4.69) is 11.9 Å². The lowest BCUT2D eigenvalue weighted by molar-refractivity contribution is 0.294. The first-order chi connectivity index (χ1) is 8.81. The molecule has 18 heavy (non-hydrogen) atoms. The van der Waals surface area contributed by atoms with Crippen LogP contribution in [0.25, 0.3) is 6.08 Å². The van der Waals surface area contributed by atoms with Gasteiger partial charge >= 0.3 is 0 Å². The highest BCUT2D eigenvalue weighted by atomic mass is 16.5. The number of methoxy groups -OCH3 is 1. The third kappa shape index (κ3) is 4.63. The van der Waals surface area contributed by atoms with Crippen LogP contribution in [-0.2, 0) is 0 Å². The van der Waals surface area contributed by atoms with Crippen LogP contribution in [0.2, 0.25) is 0 Å². The first-order valence-electron chi connectivity index (χ1n) is 6.07. The lowest BCUT2D eigenvalue weighted by Gasteiger charge is -2.11. The Bertz CT molecular complexity index is 399. The van der Waals surface area contributed by atoms with Crippen molar-refractivity contribution >= 4 is 6.08 Å². The largest absolute Gasteiger partial charge is 0.493 e. The molecule has 0 amide bonds. The molecule has 1 N–H and O–H groups in total. The zero-order chi connectivity index (χ0) is 13.2. The smallest absolute Gasteiger partial charge is 0.161 e. The second kappa shape index (κ2) is 8.37. The first kappa shape index (κ1) is 14.3. The quantitative estimate of drug-likeness (QED) is 0.566. The molecule has 1 rings (SSSR count). The van der Waals surface area contributed by atoms with E-state index < -0.39 is 0 Å². The van der Waals surface area contributed by atoms with Gasteiger partial charge in [-0.3, -0.25) is 0 Å². The third-order valence-corrected chi connectivity index (χ3v) is 2.37. The van der Waals surface area contributed by atoms with Crippen molar-refractivity contribution < 1.29 is 9.47 Å². The molecule has 0 aliphatic rings. The molecule has 0 radical (unpaired) electrons. The predicted octanol–water partition coefficient (Wildman–Crippen LogP) is 2.88. The molecular formula is C15H21NO2. The molecule has 0 saturated heterocycles. The highest BCUT2D eigenvalue weighted by Crippen LogP contribution is 2.28. The summed E-state index contributed by atoms with van der Waals surface area (Å²) in [5.74, 6) is 1.53. The molecule has 0 aromatic heterocycles. The summed E-state index contributed by atoms with van der Waals surface area (Å²) in [7, 11) is 1.65. The molecule has 98 valence electrons. The van der Waals surface area contributed by atoms with Gasteiger partial charge < -0.3 is 14.8 Å². The minimum absolute atomic E-state index is 0.604. The van der Waals surface area contributed by atoms with Gasteiger partial charge in [-0.05, 0) is 24.6 Å². The van der Waals surface area contributed by atoms with Crippen molar-refractivity contribution in [1.29, 1.82) is 0 Å². The van der Waals surface area contributed by atoms with E-state index in [9.17, 15) is 0 Å². The van der Waals surface area contributed by atoms with E-state index in [-0.39, 0.29) is 0 Å². The van der Waals surface area contributed by atoms with Crippen LogP contribution in [-0.4, -0.2) is 26.8 Å². The van der Waals surface area contributed by atoms with Crippen LogP contribution in [0.1, 0.15) is 12.5 Å². The fraction of sp³-hybridized carbons (Fsp3) is 0.333. The Labute approximate surface area is 109 Å². The molecule has 0 aliphatic heterocycles. The van der Waals surface area contributed by atoms with E-state index in [4.69, 9.17) is 9.47 Å². The lowest BCUT2D eigenvalue weighted by atomic mass is 10.2. The van der Waals surface area contributed by atoms with Crippen molar-refractivity contribution in [3.8, 4) is 11.5 Å². The van der Waals surface area contributed by atoms with Crippen molar-refractivity contribution in [3.05, 3.63) is 42.5 Å². The maximum Gasteiger partial charge on any atom is 0.161 e. The van der Waals surface area contributed by atoms with E-state index in [0.29, 0.717) is 6.61 Å². The van der Waals surface area contributed by atoms with Gasteiger partial charge in [-0.25, -0.2) is 0 Å². The topological polar surface area (TPSA) is 30.5 Å². The normalized spacial score (nSPS) is 10.6. The highest BCUT2D eigenvalue weighted by molar-refractivity contribution is 5.55. The minimum Gasteiger partial charge on any atom is -0.493 e. The van der Waals surface area contributed by atoms with Gasteiger partial charge in [-0.15, -0.1) is 6.58 Å². The van der Waals surface area contributed by atoms with Crippen LogP contribution in [0.3, 0.4) is 0 Å². The summed E-state index contributed by atoms with van der Waals surface area (Å²) in [6, 6.07) is 5.91. The standard InChI is InChI=1S/C15H21NO2/c1-4-6-13-7-8-14(15(12-13)17-3)18-11-10-16-9-5-2/h4-8,12,16H,2,9-11H2,1,3H3. The third-order valence-electron chi connectivity index (χ3n) is 2.37. The molecule has 0 aliphatic carbocycles. The number of benzene rings is 1. The van der Waals surface area contributed by atoms with E-state index in [1.807, 2.05) is 43.4 Å². The fourth-order valence-electron chi connectivity index (χ4n) is 1.54. The van der Waals surface area contributed by atoms with Gasteiger partial charge in [0.25, 0.3) is 0 Å². The molecule has 0 unspecified atom stereocenters. The molecule has 0 fully saturated rings. The molecule has 1 aromatic rings. The Morgan fingerprint density at radius 1 is 1.33 bits per heavy atom. The van der Waals surface area contributed by atoms with Crippen molar-refractivity contribution in [2.24, 2.45) is 0 Å². The molecule has 1 aromatic carbocycles. The zero-order valence-corrected chi connectivity index (χ0v) is 11.1. The molecule has 0 saturated carbocycles. The first-order valence-corrected chi connectivity index (χ1v) is 6.07. The molecule has 3 nitrogen and oxygen atoms in total. The fourth-order valence-corrected chi connectivity index (χ4v) is 1.54. The summed E-state index contributed by atoms with van der Waals surface area (Å²) in [6.45, 7) is 7.81. The Kier molecular flexibility index (Phi) is 6.66. The SMILES string of the molecule is C=CCNCCOc1ccc(C=CC)cc1OC. The van der Waals surface area contributed by atoms with Crippen LogP contribution in [0, 0.1) is 0 Å². The van der Waals surface area contributed by atoms with E-state index in [1.165, 1.54) is 0 Å². The van der Waals surface area contributed by atoms with Crippen LogP contribution in [0.4, 0.5) is 0 Å². The maximum atomic E-state index is 5.66. The van der Waals surface area contributed by atoms with E-state index in [0.717, 1.165) is 30.2 Å². The summed E-state index contributed by atoms with van der Waals surface area (Å²) in [5, 5.41) is 3.18. The highest BCUT2D eigenvalue weighted by Gasteiger charge is 2.04. The molecule has 3 heteroatoms. The van der Waals surface area contributed by atoms with Crippen LogP contribution >= 0.6 is 0 Å². The van der Waals surface area contributed by atoms with Crippen LogP contribution in [0.15, 0.2) is 36.9 Å². The number of rotatable bonds is 8. The number of hydrogen-bond acceptors (Lipinski definition) is 3. The minimum atomic E-state index is 0.604. The Morgan fingerprint density at radius 3 is 2.83 bits per heavy atom. The number of ether oxygens (including phenoxy) is 2. The van der Waals surface area contributed by atoms with Gasteiger partial charge in [0, 0.05) is 13.1 Å². The Hall–Kier alpha value is -1.74. The van der Waals surface area contributed by atoms with Crippen molar-refractivity contribution in [2.75, 3.05) is 26.8 Å². The summed E-state index contributed by atoms with van der Waals surface area (Å²) in [5.41, 5.74) is 1.10. The summed E-state index contributed by atoms with van der Waals surface area (Å²) >= 11 is 0.